The molecule has 0 bridgehead atoms. The van der Waals surface area contributed by atoms with Gasteiger partial charge in [0.2, 0.25) is 0 Å². The Balaban J connectivity index is 0. The Kier molecular flexibility index (Phi) is 17.1. The maximum atomic E-state index is 9.88. The maximum Gasteiger partial charge on any atom is 2.00 e. The first-order valence-corrected chi connectivity index (χ1v) is 8.56. The first-order valence-electron chi connectivity index (χ1n) is 8.56. The Bertz CT molecular complexity index is 976. The van der Waals surface area contributed by atoms with Gasteiger partial charge in [-0.3, -0.25) is 6.08 Å². The molecule has 0 N–H and O–H groups in total. The van der Waals surface area contributed by atoms with Crippen molar-refractivity contribution in [3.8, 4) is 0 Å². The van der Waals surface area contributed by atoms with E-state index in [1.54, 1.807) is 30.6 Å². The zero-order valence-electron chi connectivity index (χ0n) is 16.7. The molecular weight excluding hydrogens is 490 g/mol. The second-order valence-electron chi connectivity index (χ2n) is 5.79. The Morgan fingerprint density at radius 3 is 1.63 bits per heavy atom. The van der Waals surface area contributed by atoms with Crippen molar-refractivity contribution in [2.75, 3.05) is 0 Å². The number of halogens is 2. The average Bonchev–Trinajstić information content (AvgIpc) is 3.40. The minimum Gasteiger partial charge on any atom is -1.00 e. The molecule has 0 spiro atoms. The Morgan fingerprint density at radius 1 is 0.767 bits per heavy atom. The molecule has 30 heavy (non-hydrogen) atoms. The normalized spacial score (nSPS) is 10.0. The number of rotatable bonds is 1. The van der Waals surface area contributed by atoms with Crippen LogP contribution < -0.4 is 24.8 Å². The molecule has 4 heteroatoms. The van der Waals surface area contributed by atoms with Crippen LogP contribution in [-0.2, 0) is 31.0 Å². The molecule has 4 aromatic rings. The van der Waals surface area contributed by atoms with E-state index in [0.717, 1.165) is 6.42 Å². The van der Waals surface area contributed by atoms with Crippen LogP contribution in [0.4, 0.5) is 0 Å². The van der Waals surface area contributed by atoms with Crippen LogP contribution in [0.2, 0.25) is 0 Å². The molecular formula is C26H22Cl2OZr-4. The molecule has 0 saturated carbocycles. The van der Waals surface area contributed by atoms with Gasteiger partial charge in [0.15, 0.2) is 0 Å². The molecule has 0 saturated heterocycles. The third-order valence-electron chi connectivity index (χ3n) is 4.00. The van der Waals surface area contributed by atoms with Crippen LogP contribution in [0.1, 0.15) is 12.0 Å². The second-order valence-corrected chi connectivity index (χ2v) is 5.79. The summed E-state index contributed by atoms with van der Waals surface area (Å²) >= 11 is 0. The summed E-state index contributed by atoms with van der Waals surface area (Å²) in [4.78, 5) is 9.88. The third-order valence-corrected chi connectivity index (χ3v) is 4.00. The van der Waals surface area contributed by atoms with E-state index in [-0.39, 0.29) is 58.4 Å². The van der Waals surface area contributed by atoms with Gasteiger partial charge in [0.1, 0.15) is 0 Å². The molecule has 0 fully saturated rings. The Labute approximate surface area is 211 Å². The fraction of sp³-hybridized carbons (Fsp3) is 0.0385. The molecule has 0 aromatic heterocycles. The van der Waals surface area contributed by atoms with Crippen LogP contribution in [0, 0.1) is 13.5 Å². The van der Waals surface area contributed by atoms with E-state index in [2.05, 4.69) is 66.7 Å². The number of benzene rings is 3. The number of hydrogen-bond acceptors (Lipinski definition) is 1. The monoisotopic (exact) mass is 510 g/mol. The smallest absolute Gasteiger partial charge is 1.00 e. The van der Waals surface area contributed by atoms with Crippen molar-refractivity contribution in [1.29, 1.82) is 0 Å². The Hall–Kier alpha value is -1.86. The summed E-state index contributed by atoms with van der Waals surface area (Å²) in [7, 11) is 0. The van der Waals surface area contributed by atoms with Crippen LogP contribution >= 0.6 is 0 Å². The summed E-state index contributed by atoms with van der Waals surface area (Å²) in [5.74, 6) is 0. The zero-order chi connectivity index (χ0) is 18.0. The van der Waals surface area contributed by atoms with Crippen molar-refractivity contribution in [2.24, 2.45) is 0 Å². The SMILES string of the molecule is O=[C-]c1ccccc1.[C-]1=CC=CC1.[CH3-].[Cl-].[Cl-].[Zr+2].c1ccc2c(c1)[cH-]c1ccccc12. The standard InChI is InChI=1S/C13H9.C7H5O.C5H5.CH3.2ClH.Zr/c1-3-7-12-10(5-1)9-11-6-2-4-8-13(11)12;8-6-7-4-2-1-3-5-7;1-2-4-5-3-1;;;;/h1-9H;1-5H;1-3H,4H2;1H3;2*1H;/q4*-1;;;+2/p-2. The predicted molar refractivity (Wildman–Crippen MR) is 116 cm³/mol. The van der Waals surface area contributed by atoms with Crippen molar-refractivity contribution in [1.82, 2.24) is 0 Å². The summed E-state index contributed by atoms with van der Waals surface area (Å²) in [6.45, 7) is 0. The summed E-state index contributed by atoms with van der Waals surface area (Å²) in [5, 5.41) is 5.39. The van der Waals surface area contributed by atoms with Crippen LogP contribution in [0.5, 0.6) is 0 Å². The van der Waals surface area contributed by atoms with Crippen LogP contribution in [0.25, 0.3) is 21.5 Å². The van der Waals surface area contributed by atoms with Gasteiger partial charge in [0.25, 0.3) is 0 Å². The summed E-state index contributed by atoms with van der Waals surface area (Å²) in [5.41, 5.74) is 0.604. The summed E-state index contributed by atoms with van der Waals surface area (Å²) in [6, 6.07) is 28.2. The quantitative estimate of drug-likeness (QED) is 0.342. The van der Waals surface area contributed by atoms with E-state index >= 15 is 0 Å². The van der Waals surface area contributed by atoms with Crippen molar-refractivity contribution < 1.29 is 55.8 Å². The molecule has 4 aromatic carbocycles. The fourth-order valence-electron chi connectivity index (χ4n) is 2.75. The molecule has 0 unspecified atom stereocenters. The van der Waals surface area contributed by atoms with E-state index in [4.69, 9.17) is 0 Å². The van der Waals surface area contributed by atoms with E-state index in [1.165, 1.54) is 21.5 Å². The average molecular weight is 513 g/mol. The number of carbonyl (C=O) groups excluding carboxylic acids is 1. The topological polar surface area (TPSA) is 17.1 Å². The maximum absolute atomic E-state index is 9.88. The second kappa shape index (κ2) is 16.9. The number of fused-ring (bicyclic) bond motifs is 3. The summed E-state index contributed by atoms with van der Waals surface area (Å²) in [6.07, 6.45) is 11.8. The molecule has 1 aliphatic rings. The van der Waals surface area contributed by atoms with Gasteiger partial charge in [-0.15, -0.1) is 58.3 Å². The van der Waals surface area contributed by atoms with Gasteiger partial charge in [-0.1, -0.05) is 42.5 Å². The zero-order valence-corrected chi connectivity index (χ0v) is 20.7. The van der Waals surface area contributed by atoms with Crippen molar-refractivity contribution in [2.45, 2.75) is 6.42 Å². The van der Waals surface area contributed by atoms with Crippen molar-refractivity contribution >= 4 is 27.8 Å². The predicted octanol–water partition coefficient (Wildman–Crippen LogP) is 0.618. The van der Waals surface area contributed by atoms with Gasteiger partial charge in [0, 0.05) is 0 Å². The molecule has 0 atom stereocenters. The molecule has 0 heterocycles. The number of hydrogen-bond donors (Lipinski definition) is 0. The third kappa shape index (κ3) is 8.88. The molecule has 0 amide bonds. The molecule has 5 rings (SSSR count). The van der Waals surface area contributed by atoms with Gasteiger partial charge in [-0.05, 0) is 0 Å². The van der Waals surface area contributed by atoms with E-state index in [9.17, 15) is 4.79 Å². The minimum absolute atomic E-state index is 0. The first kappa shape index (κ1) is 30.3. The van der Waals surface area contributed by atoms with Crippen molar-refractivity contribution in [3.63, 3.8) is 0 Å². The van der Waals surface area contributed by atoms with E-state index in [1.807, 2.05) is 18.2 Å². The van der Waals surface area contributed by atoms with Gasteiger partial charge in [-0.2, -0.15) is 23.8 Å². The fourth-order valence-corrected chi connectivity index (χ4v) is 2.75. The molecule has 0 aliphatic heterocycles. The van der Waals surface area contributed by atoms with E-state index in [0.29, 0.717) is 5.56 Å². The minimum atomic E-state index is 0. The number of allylic oxidation sites excluding steroid dienone is 4. The summed E-state index contributed by atoms with van der Waals surface area (Å²) < 4.78 is 0. The molecule has 1 aliphatic carbocycles. The van der Waals surface area contributed by atoms with Gasteiger partial charge in [0.05, 0.1) is 6.29 Å². The first-order chi connectivity index (χ1) is 12.9. The van der Waals surface area contributed by atoms with Gasteiger partial charge in [-0.25, -0.2) is 12.2 Å². The molecule has 0 radical (unpaired) electrons. The van der Waals surface area contributed by atoms with Crippen LogP contribution in [0.15, 0.2) is 103 Å². The van der Waals surface area contributed by atoms with Gasteiger partial charge < -0.3 is 37.0 Å². The largest absolute Gasteiger partial charge is 2.00 e. The van der Waals surface area contributed by atoms with Gasteiger partial charge >= 0.3 is 26.2 Å². The van der Waals surface area contributed by atoms with Crippen LogP contribution in [0.3, 0.4) is 0 Å². The van der Waals surface area contributed by atoms with Crippen LogP contribution in [-0.4, -0.2) is 6.29 Å². The Morgan fingerprint density at radius 2 is 1.27 bits per heavy atom. The molecule has 1 nitrogen and oxygen atoms in total. The van der Waals surface area contributed by atoms with E-state index < -0.39 is 0 Å². The molecule has 154 valence electrons. The van der Waals surface area contributed by atoms with Crippen molar-refractivity contribution in [3.05, 3.63) is 122 Å².